The van der Waals surface area contributed by atoms with Gasteiger partial charge in [-0.3, -0.25) is 14.5 Å². The highest BCUT2D eigenvalue weighted by Gasteiger charge is 2.23. The molecule has 3 aromatic rings. The van der Waals surface area contributed by atoms with Crippen molar-refractivity contribution in [2.24, 2.45) is 0 Å². The molecule has 40 heavy (non-hydrogen) atoms. The molecule has 2 aliphatic heterocycles. The molecular weight excluding hydrogens is 540 g/mol. The van der Waals surface area contributed by atoms with Crippen molar-refractivity contribution in [3.05, 3.63) is 74.6 Å². The number of fused-ring (bicyclic) bond motifs is 1. The van der Waals surface area contributed by atoms with Gasteiger partial charge in [0.15, 0.2) is 22.8 Å². The van der Waals surface area contributed by atoms with E-state index in [1.165, 1.54) is 31.4 Å². The van der Waals surface area contributed by atoms with Crippen molar-refractivity contribution in [3.63, 3.8) is 0 Å². The quantitative estimate of drug-likeness (QED) is 0.347. The van der Waals surface area contributed by atoms with Crippen molar-refractivity contribution in [1.82, 2.24) is 15.1 Å². The number of hydrogen-bond acceptors (Lipinski definition) is 6. The van der Waals surface area contributed by atoms with Gasteiger partial charge in [0.1, 0.15) is 11.4 Å². The van der Waals surface area contributed by atoms with Crippen LogP contribution in [0.5, 0.6) is 5.75 Å². The maximum absolute atomic E-state index is 14.7. The molecule has 2 saturated heterocycles. The van der Waals surface area contributed by atoms with Crippen LogP contribution in [0.3, 0.4) is 0 Å². The van der Waals surface area contributed by atoms with Crippen LogP contribution in [0.2, 0.25) is 5.02 Å². The van der Waals surface area contributed by atoms with Crippen LogP contribution in [-0.2, 0) is 6.54 Å². The minimum Gasteiger partial charge on any atom is -0.490 e. The largest absolute Gasteiger partial charge is 0.490 e. The molecule has 0 bridgehead atoms. The smallest absolute Gasteiger partial charge is 0.287 e. The van der Waals surface area contributed by atoms with E-state index in [9.17, 15) is 18.4 Å². The molecule has 0 radical (unpaired) electrons. The molecule has 0 aliphatic carbocycles. The van der Waals surface area contributed by atoms with Gasteiger partial charge in [-0.2, -0.15) is 0 Å². The number of rotatable bonds is 9. The number of nitrogens with zero attached hydrogens (tertiary/aromatic N) is 2. The highest BCUT2D eigenvalue weighted by Crippen LogP contribution is 2.23. The number of nitrogens with one attached hydrogen (secondary N) is 1. The minimum atomic E-state index is -0.726. The van der Waals surface area contributed by atoms with Crippen LogP contribution < -0.4 is 15.5 Å². The number of carbonyl (C=O) groups is 1. The summed E-state index contributed by atoms with van der Waals surface area (Å²) in [6.45, 7) is 5.83. The zero-order valence-electron chi connectivity index (χ0n) is 22.4. The first kappa shape index (κ1) is 28.5. The fourth-order valence-corrected chi connectivity index (χ4v) is 5.58. The number of amides is 1. The Balaban J connectivity index is 1.07. The van der Waals surface area contributed by atoms with Gasteiger partial charge in [0.05, 0.1) is 17.0 Å². The van der Waals surface area contributed by atoms with E-state index in [0.29, 0.717) is 26.0 Å². The van der Waals surface area contributed by atoms with E-state index in [1.54, 1.807) is 6.07 Å². The van der Waals surface area contributed by atoms with Gasteiger partial charge in [-0.15, -0.1) is 0 Å². The first-order chi connectivity index (χ1) is 19.4. The van der Waals surface area contributed by atoms with E-state index >= 15 is 0 Å². The molecule has 1 aromatic heterocycles. The van der Waals surface area contributed by atoms with Gasteiger partial charge in [-0.1, -0.05) is 24.1 Å². The van der Waals surface area contributed by atoms with Crippen molar-refractivity contribution in [2.45, 2.75) is 51.1 Å². The Morgan fingerprint density at radius 3 is 2.52 bits per heavy atom. The number of piperidine rings is 2. The average molecular weight is 574 g/mol. The summed E-state index contributed by atoms with van der Waals surface area (Å²) >= 11 is 5.80. The molecule has 0 unspecified atom stereocenters. The number of ether oxygens (including phenoxy) is 1. The second-order valence-electron chi connectivity index (χ2n) is 10.6. The highest BCUT2D eigenvalue weighted by atomic mass is 35.5. The Hall–Kier alpha value is -3.01. The minimum absolute atomic E-state index is 0.0237. The third-order valence-corrected chi connectivity index (χ3v) is 7.93. The van der Waals surface area contributed by atoms with E-state index in [-0.39, 0.29) is 39.4 Å². The number of halogens is 3. The molecule has 5 rings (SSSR count). The van der Waals surface area contributed by atoms with Crippen LogP contribution >= 0.6 is 11.6 Å². The number of hydrogen-bond donors (Lipinski definition) is 1. The zero-order valence-corrected chi connectivity index (χ0v) is 23.2. The van der Waals surface area contributed by atoms with Gasteiger partial charge in [0.25, 0.3) is 5.91 Å². The summed E-state index contributed by atoms with van der Waals surface area (Å²) in [5, 5.41) is 2.75. The van der Waals surface area contributed by atoms with Gasteiger partial charge in [0.2, 0.25) is 0 Å². The van der Waals surface area contributed by atoms with E-state index in [4.69, 9.17) is 20.8 Å². The van der Waals surface area contributed by atoms with Crippen LogP contribution in [0.25, 0.3) is 11.0 Å². The molecule has 10 heteroatoms. The van der Waals surface area contributed by atoms with Crippen LogP contribution in [0.15, 0.2) is 45.6 Å². The molecule has 0 saturated carbocycles. The fraction of sp³-hybridized carbons (Fsp3) is 0.467. The molecule has 2 aliphatic rings. The maximum Gasteiger partial charge on any atom is 0.287 e. The molecule has 0 atom stereocenters. The van der Waals surface area contributed by atoms with Gasteiger partial charge >= 0.3 is 0 Å². The third-order valence-electron chi connectivity index (χ3n) is 7.64. The van der Waals surface area contributed by atoms with Crippen molar-refractivity contribution < 1.29 is 22.7 Å². The first-order valence-corrected chi connectivity index (χ1v) is 14.3. The van der Waals surface area contributed by atoms with E-state index in [2.05, 4.69) is 15.1 Å². The molecule has 2 fully saturated rings. The van der Waals surface area contributed by atoms with Crippen molar-refractivity contribution >= 4 is 28.5 Å². The zero-order chi connectivity index (χ0) is 28.1. The van der Waals surface area contributed by atoms with E-state index in [0.717, 1.165) is 56.8 Å². The van der Waals surface area contributed by atoms with E-state index in [1.807, 2.05) is 6.07 Å². The van der Waals surface area contributed by atoms with Crippen LogP contribution in [0, 0.1) is 11.6 Å². The Bertz CT molecular complexity index is 1400. The molecule has 2 aromatic carbocycles. The monoisotopic (exact) mass is 573 g/mol. The highest BCUT2D eigenvalue weighted by molar-refractivity contribution is 6.31. The molecule has 214 valence electrons. The topological polar surface area (TPSA) is 75.0 Å². The summed E-state index contributed by atoms with van der Waals surface area (Å²) in [6.07, 6.45) is 6.10. The SMILES string of the molecule is O=C(NC1CCN(Cc2ccc(OCCCN3CCCCC3)c(F)c2)CC1)c1cc(=O)c2cc(F)c(Cl)cc2o1. The maximum atomic E-state index is 14.7. The summed E-state index contributed by atoms with van der Waals surface area (Å²) in [5.41, 5.74) is 0.409. The van der Waals surface area contributed by atoms with Crippen LogP contribution in [-0.4, -0.2) is 61.1 Å². The van der Waals surface area contributed by atoms with Crippen molar-refractivity contribution in [1.29, 1.82) is 0 Å². The third kappa shape index (κ3) is 7.19. The molecule has 1 N–H and O–H groups in total. The normalized spacial score (nSPS) is 17.3. The number of likely N-dealkylation sites (tertiary alicyclic amines) is 2. The predicted octanol–water partition coefficient (Wildman–Crippen LogP) is 5.37. The second-order valence-corrected chi connectivity index (χ2v) is 11.0. The van der Waals surface area contributed by atoms with Crippen LogP contribution in [0.4, 0.5) is 8.78 Å². The number of carbonyl (C=O) groups excluding carboxylic acids is 1. The summed E-state index contributed by atoms with van der Waals surface area (Å²) in [7, 11) is 0. The summed E-state index contributed by atoms with van der Waals surface area (Å²) in [5.74, 6) is -1.44. The van der Waals surface area contributed by atoms with Gasteiger partial charge < -0.3 is 19.4 Å². The fourth-order valence-electron chi connectivity index (χ4n) is 5.43. The summed E-state index contributed by atoms with van der Waals surface area (Å²) < 4.78 is 39.6. The Kier molecular flexibility index (Phi) is 9.34. The number of benzene rings is 2. The summed E-state index contributed by atoms with van der Waals surface area (Å²) in [4.78, 5) is 29.8. The van der Waals surface area contributed by atoms with Gasteiger partial charge in [0, 0.05) is 44.4 Å². The lowest BCUT2D eigenvalue weighted by molar-refractivity contribution is 0.0881. The van der Waals surface area contributed by atoms with E-state index < -0.39 is 17.2 Å². The molecular formula is C30H34ClF2N3O4. The van der Waals surface area contributed by atoms with Gasteiger partial charge in [-0.05, 0) is 69.0 Å². The first-order valence-electron chi connectivity index (χ1n) is 14.0. The average Bonchev–Trinajstić information content (AvgIpc) is 2.94. The lowest BCUT2D eigenvalue weighted by atomic mass is 10.0. The van der Waals surface area contributed by atoms with Gasteiger partial charge in [-0.25, -0.2) is 8.78 Å². The van der Waals surface area contributed by atoms with Crippen molar-refractivity contribution in [3.8, 4) is 5.75 Å². The Morgan fingerprint density at radius 1 is 1.00 bits per heavy atom. The predicted molar refractivity (Wildman–Crippen MR) is 150 cm³/mol. The Morgan fingerprint density at radius 2 is 1.77 bits per heavy atom. The lowest BCUT2D eigenvalue weighted by Gasteiger charge is -2.32. The molecule has 0 spiro atoms. The Labute approximate surface area is 237 Å². The molecule has 1 amide bonds. The molecule has 7 nitrogen and oxygen atoms in total. The standard InChI is InChI=1S/C30H34ClF2N3O4/c31-23-17-28-22(16-24(23)32)26(37)18-29(40-28)30(38)34-21-7-12-36(13-8-21)19-20-5-6-27(25(33)15-20)39-14-4-11-35-9-2-1-3-10-35/h5-6,15-18,21H,1-4,7-14,19H2,(H,34,38). The summed E-state index contributed by atoms with van der Waals surface area (Å²) in [6, 6.07) is 8.31. The molecule has 3 heterocycles. The lowest BCUT2D eigenvalue weighted by Crippen LogP contribution is -2.44. The van der Waals surface area contributed by atoms with Crippen molar-refractivity contribution in [2.75, 3.05) is 39.3 Å². The second kappa shape index (κ2) is 13.1. The van der Waals surface area contributed by atoms with Crippen LogP contribution in [0.1, 0.15) is 54.6 Å².